The molecule has 1 heterocycles. The van der Waals surface area contributed by atoms with Crippen LogP contribution in [0.2, 0.25) is 0 Å². The van der Waals surface area contributed by atoms with Gasteiger partial charge in [-0.2, -0.15) is 5.10 Å². The minimum absolute atomic E-state index is 0.0965. The van der Waals surface area contributed by atoms with Crippen LogP contribution >= 0.6 is 0 Å². The molecule has 0 saturated heterocycles. The fourth-order valence-corrected chi connectivity index (χ4v) is 2.06. The summed E-state index contributed by atoms with van der Waals surface area (Å²) in [5.41, 5.74) is 0. The lowest BCUT2D eigenvalue weighted by Gasteiger charge is -2.18. The van der Waals surface area contributed by atoms with Crippen molar-refractivity contribution < 1.29 is 8.42 Å². The minimum Gasteiger partial charge on any atom is -0.252 e. The van der Waals surface area contributed by atoms with Crippen molar-refractivity contribution in [1.82, 2.24) is 14.8 Å². The van der Waals surface area contributed by atoms with Crippen LogP contribution in [0.4, 0.5) is 0 Å². The molecular formula is C9H17N3O2S. The Hall–Kier alpha value is -0.910. The predicted molar refractivity (Wildman–Crippen MR) is 58.3 cm³/mol. The van der Waals surface area contributed by atoms with Crippen molar-refractivity contribution >= 4 is 9.84 Å². The van der Waals surface area contributed by atoms with Gasteiger partial charge in [0.1, 0.15) is 12.2 Å². The molecule has 0 spiro atoms. The van der Waals surface area contributed by atoms with E-state index in [-0.39, 0.29) is 5.75 Å². The van der Waals surface area contributed by atoms with E-state index in [0.29, 0.717) is 12.4 Å². The van der Waals surface area contributed by atoms with Gasteiger partial charge in [0, 0.05) is 0 Å². The van der Waals surface area contributed by atoms with Gasteiger partial charge in [-0.3, -0.25) is 4.68 Å². The highest BCUT2D eigenvalue weighted by molar-refractivity contribution is 7.92. The average Bonchev–Trinajstić information content (AvgIpc) is 2.46. The quantitative estimate of drug-likeness (QED) is 0.772. The van der Waals surface area contributed by atoms with Gasteiger partial charge in [0.25, 0.3) is 0 Å². The Morgan fingerprint density at radius 2 is 2.00 bits per heavy atom. The lowest BCUT2D eigenvalue weighted by molar-refractivity contribution is 0.547. The second-order valence-electron chi connectivity index (χ2n) is 4.49. The first kappa shape index (κ1) is 12.2. The van der Waals surface area contributed by atoms with E-state index < -0.39 is 14.6 Å². The van der Waals surface area contributed by atoms with Crippen molar-refractivity contribution in [3.05, 3.63) is 12.2 Å². The largest absolute Gasteiger partial charge is 0.252 e. The standard InChI is InChI=1S/C9H17N3O2S/c1-8-10-7-12(11-8)5-6-15(13,14)9(2,3)4/h7H,5-6H2,1-4H3. The van der Waals surface area contributed by atoms with Crippen molar-refractivity contribution in [2.24, 2.45) is 0 Å². The maximum absolute atomic E-state index is 11.8. The molecule has 0 atom stereocenters. The Labute approximate surface area is 90.4 Å². The molecule has 0 fully saturated rings. The fourth-order valence-electron chi connectivity index (χ4n) is 1.02. The van der Waals surface area contributed by atoms with E-state index >= 15 is 0 Å². The van der Waals surface area contributed by atoms with E-state index in [1.54, 1.807) is 38.7 Å². The number of aryl methyl sites for hydroxylation is 2. The molecule has 0 radical (unpaired) electrons. The Morgan fingerprint density at radius 1 is 1.40 bits per heavy atom. The molecule has 6 heteroatoms. The highest BCUT2D eigenvalue weighted by Gasteiger charge is 2.28. The summed E-state index contributed by atoms with van der Waals surface area (Å²) in [6.45, 7) is 7.24. The van der Waals surface area contributed by atoms with Crippen molar-refractivity contribution in [2.45, 2.75) is 39.0 Å². The zero-order valence-corrected chi connectivity index (χ0v) is 10.4. The Morgan fingerprint density at radius 3 is 2.40 bits per heavy atom. The molecule has 0 bridgehead atoms. The molecule has 0 aliphatic heterocycles. The van der Waals surface area contributed by atoms with Gasteiger partial charge < -0.3 is 0 Å². The molecule has 1 aromatic rings. The molecule has 5 nitrogen and oxygen atoms in total. The zero-order chi connectivity index (χ0) is 11.7. The highest BCUT2D eigenvalue weighted by atomic mass is 32.2. The van der Waals surface area contributed by atoms with Crippen LogP contribution in [0.15, 0.2) is 6.33 Å². The smallest absolute Gasteiger partial charge is 0.157 e. The zero-order valence-electron chi connectivity index (χ0n) is 9.56. The summed E-state index contributed by atoms with van der Waals surface area (Å²) < 4.78 is 24.4. The lowest BCUT2D eigenvalue weighted by atomic mass is 10.3. The van der Waals surface area contributed by atoms with E-state index in [4.69, 9.17) is 0 Å². The maximum atomic E-state index is 11.8. The molecule has 0 aromatic carbocycles. The molecule has 1 rings (SSSR count). The summed E-state index contributed by atoms with van der Waals surface area (Å²) in [5, 5.41) is 4.04. The summed E-state index contributed by atoms with van der Waals surface area (Å²) in [6.07, 6.45) is 1.55. The van der Waals surface area contributed by atoms with Crippen LogP contribution in [0.1, 0.15) is 26.6 Å². The Bertz CT molecular complexity index is 428. The molecule has 0 aliphatic carbocycles. The first-order valence-corrected chi connectivity index (χ1v) is 6.46. The van der Waals surface area contributed by atoms with Gasteiger partial charge in [-0.25, -0.2) is 13.4 Å². The Kier molecular flexibility index (Phi) is 3.18. The average molecular weight is 231 g/mol. The lowest BCUT2D eigenvalue weighted by Crippen LogP contribution is -2.32. The van der Waals surface area contributed by atoms with Crippen molar-refractivity contribution in [3.8, 4) is 0 Å². The SMILES string of the molecule is Cc1ncn(CCS(=O)(=O)C(C)(C)C)n1. The van der Waals surface area contributed by atoms with E-state index in [0.717, 1.165) is 0 Å². The molecule has 0 unspecified atom stereocenters. The van der Waals surface area contributed by atoms with Crippen molar-refractivity contribution in [2.75, 3.05) is 5.75 Å². The van der Waals surface area contributed by atoms with Gasteiger partial charge in [-0.05, 0) is 27.7 Å². The minimum atomic E-state index is -3.08. The molecular weight excluding hydrogens is 214 g/mol. The highest BCUT2D eigenvalue weighted by Crippen LogP contribution is 2.15. The van der Waals surface area contributed by atoms with E-state index in [1.807, 2.05) is 0 Å². The molecule has 0 N–H and O–H groups in total. The van der Waals surface area contributed by atoms with Crippen LogP contribution in [0.3, 0.4) is 0 Å². The topological polar surface area (TPSA) is 64.8 Å². The van der Waals surface area contributed by atoms with Crippen LogP contribution in [-0.2, 0) is 16.4 Å². The normalized spacial score (nSPS) is 13.1. The van der Waals surface area contributed by atoms with Gasteiger partial charge in [0.2, 0.25) is 0 Å². The maximum Gasteiger partial charge on any atom is 0.157 e. The first-order chi connectivity index (χ1) is 6.72. The summed E-state index contributed by atoms with van der Waals surface area (Å²) in [5.74, 6) is 0.752. The number of nitrogens with zero attached hydrogens (tertiary/aromatic N) is 3. The van der Waals surface area contributed by atoms with Crippen LogP contribution in [0.5, 0.6) is 0 Å². The van der Waals surface area contributed by atoms with Crippen molar-refractivity contribution in [1.29, 1.82) is 0 Å². The molecule has 15 heavy (non-hydrogen) atoms. The summed E-state index contributed by atoms with van der Waals surface area (Å²) in [6, 6.07) is 0. The van der Waals surface area contributed by atoms with E-state index in [9.17, 15) is 8.42 Å². The Balaban J connectivity index is 2.66. The number of sulfone groups is 1. The van der Waals surface area contributed by atoms with E-state index in [2.05, 4.69) is 10.1 Å². The van der Waals surface area contributed by atoms with Gasteiger partial charge in [-0.15, -0.1) is 0 Å². The number of hydrogen-bond acceptors (Lipinski definition) is 4. The molecule has 0 amide bonds. The first-order valence-electron chi connectivity index (χ1n) is 4.81. The third-order valence-corrected chi connectivity index (χ3v) is 4.76. The second kappa shape index (κ2) is 3.92. The van der Waals surface area contributed by atoms with Crippen molar-refractivity contribution in [3.63, 3.8) is 0 Å². The third kappa shape index (κ3) is 3.02. The molecule has 1 aromatic heterocycles. The predicted octanol–water partition coefficient (Wildman–Crippen LogP) is 0.800. The molecule has 0 saturated carbocycles. The van der Waals surface area contributed by atoms with Gasteiger partial charge in [0.05, 0.1) is 17.0 Å². The number of rotatable bonds is 3. The third-order valence-electron chi connectivity index (χ3n) is 2.17. The number of hydrogen-bond donors (Lipinski definition) is 0. The van der Waals surface area contributed by atoms with Gasteiger partial charge >= 0.3 is 0 Å². The fraction of sp³-hybridized carbons (Fsp3) is 0.778. The summed E-state index contributed by atoms with van der Waals surface area (Å²) in [7, 11) is -3.08. The monoisotopic (exact) mass is 231 g/mol. The van der Waals surface area contributed by atoms with Gasteiger partial charge in [0.15, 0.2) is 9.84 Å². The summed E-state index contributed by atoms with van der Waals surface area (Å²) >= 11 is 0. The number of aromatic nitrogens is 3. The van der Waals surface area contributed by atoms with Crippen LogP contribution in [-0.4, -0.2) is 33.7 Å². The van der Waals surface area contributed by atoms with Gasteiger partial charge in [-0.1, -0.05) is 0 Å². The summed E-state index contributed by atoms with van der Waals surface area (Å²) in [4.78, 5) is 3.94. The second-order valence-corrected chi connectivity index (χ2v) is 7.35. The molecule has 86 valence electrons. The van der Waals surface area contributed by atoms with E-state index in [1.165, 1.54) is 0 Å². The molecule has 0 aliphatic rings. The van der Waals surface area contributed by atoms with Crippen LogP contribution < -0.4 is 0 Å². The van der Waals surface area contributed by atoms with Crippen LogP contribution in [0.25, 0.3) is 0 Å². The van der Waals surface area contributed by atoms with Crippen LogP contribution in [0, 0.1) is 6.92 Å².